The summed E-state index contributed by atoms with van der Waals surface area (Å²) >= 11 is 0. The smallest absolute Gasteiger partial charge is 0.138 e. The quantitative estimate of drug-likeness (QED) is 0.162. The fraction of sp³-hybridized carbons (Fsp3) is 0. The molecular formula is C38H23OP. The third-order valence-electron chi connectivity index (χ3n) is 8.53. The van der Waals surface area contributed by atoms with Crippen LogP contribution in [0.25, 0.3) is 86.9 Å². The molecule has 186 valence electrons. The van der Waals surface area contributed by atoms with Crippen LogP contribution in [0.2, 0.25) is 0 Å². The molecule has 0 heterocycles. The molecular weight excluding hydrogens is 503 g/mol. The minimum absolute atomic E-state index is 1.25. The monoisotopic (exact) mass is 526 g/mol. The molecule has 0 aliphatic heterocycles. The van der Waals surface area contributed by atoms with E-state index in [-0.39, 0.29) is 0 Å². The Kier molecular flexibility index (Phi) is 5.11. The summed E-state index contributed by atoms with van der Waals surface area (Å²) in [6, 6.07) is 49.6. The minimum atomic E-state index is 1.25. The van der Waals surface area contributed by atoms with E-state index in [2.05, 4.69) is 133 Å². The summed E-state index contributed by atoms with van der Waals surface area (Å²) in [5, 5.41) is 15.9. The number of rotatable bonds is 2. The first-order valence-corrected chi connectivity index (χ1v) is 13.9. The predicted octanol–water partition coefficient (Wildman–Crippen LogP) is 11.3. The van der Waals surface area contributed by atoms with Crippen molar-refractivity contribution in [3.05, 3.63) is 133 Å². The van der Waals surface area contributed by atoms with E-state index in [0.29, 0.717) is 0 Å². The van der Waals surface area contributed by atoms with Crippen molar-refractivity contribution in [3.8, 4) is 22.3 Å². The van der Waals surface area contributed by atoms with Crippen LogP contribution in [-0.4, -0.2) is 0 Å². The minimum Gasteiger partial charge on any atom is -0.279 e. The van der Waals surface area contributed by atoms with E-state index in [1.54, 1.807) is 9.12 Å². The molecule has 9 rings (SSSR count). The van der Waals surface area contributed by atoms with Crippen molar-refractivity contribution in [1.82, 2.24) is 0 Å². The second kappa shape index (κ2) is 8.85. The average Bonchev–Trinajstić information content (AvgIpc) is 3.03. The zero-order valence-electron chi connectivity index (χ0n) is 21.6. The van der Waals surface area contributed by atoms with Crippen LogP contribution < -0.4 is 0 Å². The largest absolute Gasteiger partial charge is 0.279 e. The molecule has 0 fully saturated rings. The molecule has 0 spiro atoms. The van der Waals surface area contributed by atoms with Gasteiger partial charge in [-0.1, -0.05) is 127 Å². The SMILES string of the molecule is O=P.c1ccc(-c2cc3ccc4cccc5ccc(c2-c2ccc6ccc7cccc8ccc2c6c78)c3c45)cc1. The van der Waals surface area contributed by atoms with Crippen LogP contribution in [-0.2, 0) is 4.57 Å². The molecule has 2 heteroatoms. The molecule has 0 atom stereocenters. The van der Waals surface area contributed by atoms with Gasteiger partial charge in [0.15, 0.2) is 0 Å². The highest BCUT2D eigenvalue weighted by Gasteiger charge is 2.20. The Labute approximate surface area is 233 Å². The van der Waals surface area contributed by atoms with Gasteiger partial charge in [-0.3, -0.25) is 4.57 Å². The zero-order valence-corrected chi connectivity index (χ0v) is 22.6. The second-order valence-corrected chi connectivity index (χ2v) is 10.5. The molecule has 0 aromatic heterocycles. The Morgan fingerprint density at radius 2 is 0.825 bits per heavy atom. The molecule has 9 aromatic carbocycles. The van der Waals surface area contributed by atoms with Gasteiger partial charge < -0.3 is 0 Å². The summed E-state index contributed by atoms with van der Waals surface area (Å²) < 4.78 is 8.06. The van der Waals surface area contributed by atoms with Gasteiger partial charge >= 0.3 is 0 Å². The lowest BCUT2D eigenvalue weighted by Gasteiger charge is -2.21. The summed E-state index contributed by atoms with van der Waals surface area (Å²) in [5.74, 6) is 0. The lowest BCUT2D eigenvalue weighted by molar-refractivity contribution is 0.607. The van der Waals surface area contributed by atoms with E-state index in [1.807, 2.05) is 0 Å². The van der Waals surface area contributed by atoms with Crippen molar-refractivity contribution in [3.63, 3.8) is 0 Å². The van der Waals surface area contributed by atoms with Gasteiger partial charge in [0.2, 0.25) is 0 Å². The molecule has 9 aromatic rings. The van der Waals surface area contributed by atoms with Gasteiger partial charge in [0.1, 0.15) is 9.12 Å². The van der Waals surface area contributed by atoms with Gasteiger partial charge in [-0.2, -0.15) is 0 Å². The molecule has 0 radical (unpaired) electrons. The highest BCUT2D eigenvalue weighted by molar-refractivity contribution is 7.00. The Bertz CT molecular complexity index is 2320. The zero-order chi connectivity index (χ0) is 26.8. The lowest BCUT2D eigenvalue weighted by Crippen LogP contribution is -1.93. The van der Waals surface area contributed by atoms with Gasteiger partial charge in [0, 0.05) is 0 Å². The van der Waals surface area contributed by atoms with Gasteiger partial charge in [-0.15, -0.1) is 0 Å². The molecule has 0 amide bonds. The van der Waals surface area contributed by atoms with E-state index in [4.69, 9.17) is 4.57 Å². The molecule has 1 nitrogen and oxygen atoms in total. The Balaban J connectivity index is 0.00000120. The fourth-order valence-electron chi connectivity index (χ4n) is 6.90. The first-order valence-electron chi connectivity index (χ1n) is 13.5. The molecule has 40 heavy (non-hydrogen) atoms. The van der Waals surface area contributed by atoms with Crippen molar-refractivity contribution in [2.24, 2.45) is 0 Å². The van der Waals surface area contributed by atoms with Crippen LogP contribution in [0.5, 0.6) is 0 Å². The van der Waals surface area contributed by atoms with E-state index < -0.39 is 0 Å². The molecule has 0 bridgehead atoms. The summed E-state index contributed by atoms with van der Waals surface area (Å²) in [6.07, 6.45) is 0. The first-order chi connectivity index (χ1) is 19.8. The van der Waals surface area contributed by atoms with E-state index in [9.17, 15) is 0 Å². The maximum absolute atomic E-state index is 8.06. The average molecular weight is 527 g/mol. The normalized spacial score (nSPS) is 11.7. The van der Waals surface area contributed by atoms with Crippen molar-refractivity contribution in [2.75, 3.05) is 0 Å². The molecule has 0 aliphatic rings. The highest BCUT2D eigenvalue weighted by atomic mass is 31.0. The molecule has 0 saturated carbocycles. The molecule has 0 aliphatic carbocycles. The van der Waals surface area contributed by atoms with Gasteiger partial charge in [0.25, 0.3) is 0 Å². The van der Waals surface area contributed by atoms with Crippen molar-refractivity contribution in [2.45, 2.75) is 0 Å². The van der Waals surface area contributed by atoms with Crippen molar-refractivity contribution in [1.29, 1.82) is 0 Å². The third kappa shape index (κ3) is 3.16. The second-order valence-electron chi connectivity index (χ2n) is 10.5. The van der Waals surface area contributed by atoms with Crippen molar-refractivity contribution >= 4 is 73.8 Å². The summed E-state index contributed by atoms with van der Waals surface area (Å²) in [6.45, 7) is 0. The lowest BCUT2D eigenvalue weighted by atomic mass is 9.82. The van der Waals surface area contributed by atoms with Gasteiger partial charge in [-0.05, 0) is 93.0 Å². The van der Waals surface area contributed by atoms with Gasteiger partial charge in [0.05, 0.1) is 0 Å². The topological polar surface area (TPSA) is 17.1 Å². The number of benzene rings is 9. The predicted molar refractivity (Wildman–Crippen MR) is 174 cm³/mol. The maximum Gasteiger partial charge on any atom is 0.138 e. The maximum atomic E-state index is 8.06. The first kappa shape index (κ1) is 23.1. The Morgan fingerprint density at radius 3 is 1.45 bits per heavy atom. The summed E-state index contributed by atoms with van der Waals surface area (Å²) in [4.78, 5) is 0. The van der Waals surface area contributed by atoms with E-state index in [1.165, 1.54) is 86.9 Å². The summed E-state index contributed by atoms with van der Waals surface area (Å²) in [5.41, 5.74) is 5.15. The van der Waals surface area contributed by atoms with Crippen LogP contribution in [0.15, 0.2) is 133 Å². The Morgan fingerprint density at radius 1 is 0.350 bits per heavy atom. The van der Waals surface area contributed by atoms with Crippen LogP contribution in [0.1, 0.15) is 0 Å². The molecule has 0 saturated heterocycles. The number of hydrogen-bond acceptors (Lipinski definition) is 1. The van der Waals surface area contributed by atoms with Crippen LogP contribution in [0, 0.1) is 0 Å². The van der Waals surface area contributed by atoms with Gasteiger partial charge in [-0.25, -0.2) is 0 Å². The fourth-order valence-corrected chi connectivity index (χ4v) is 6.90. The van der Waals surface area contributed by atoms with Crippen LogP contribution in [0.4, 0.5) is 0 Å². The highest BCUT2D eigenvalue weighted by Crippen LogP contribution is 2.47. The molecule has 0 N–H and O–H groups in total. The van der Waals surface area contributed by atoms with Crippen molar-refractivity contribution < 1.29 is 4.57 Å². The molecule has 0 unspecified atom stereocenters. The third-order valence-corrected chi connectivity index (χ3v) is 8.53. The van der Waals surface area contributed by atoms with Crippen LogP contribution >= 0.6 is 9.12 Å². The van der Waals surface area contributed by atoms with E-state index in [0.717, 1.165) is 0 Å². The van der Waals surface area contributed by atoms with E-state index >= 15 is 0 Å². The number of hydrogen-bond donors (Lipinski definition) is 0. The van der Waals surface area contributed by atoms with Crippen LogP contribution in [0.3, 0.4) is 0 Å². The standard InChI is InChI=1S/C38H22.HOP/c1-2-6-23(7-3-1)33-22-29-15-14-25-9-5-11-27-18-21-32(37(29)35(25)27)38(33)31-20-17-28-13-12-24-8-4-10-26-16-19-30(31)36(28)34(24)26;1-2/h1-22H;2H. The Hall–Kier alpha value is -4.84. The summed E-state index contributed by atoms with van der Waals surface area (Å²) in [7, 11) is 1.72.